The van der Waals surface area contributed by atoms with Crippen LogP contribution in [-0.2, 0) is 20.3 Å². The second kappa shape index (κ2) is 8.38. The lowest BCUT2D eigenvalue weighted by atomic mass is 10.3. The Balaban J connectivity index is 3.82. The zero-order valence-corrected chi connectivity index (χ0v) is 10.4. The first kappa shape index (κ1) is 14.1. The SMILES string of the molecule is CCOC(CS(=O)CC(C)C)OCC. The molecule has 0 aliphatic carbocycles. The van der Waals surface area contributed by atoms with Crippen LogP contribution in [0.25, 0.3) is 0 Å². The van der Waals surface area contributed by atoms with Gasteiger partial charge >= 0.3 is 0 Å². The van der Waals surface area contributed by atoms with Crippen LogP contribution in [0.5, 0.6) is 0 Å². The van der Waals surface area contributed by atoms with Crippen molar-refractivity contribution in [3.8, 4) is 0 Å². The first-order valence-corrected chi connectivity index (χ1v) is 6.67. The number of ether oxygens (including phenoxy) is 2. The lowest BCUT2D eigenvalue weighted by molar-refractivity contribution is -0.120. The van der Waals surface area contributed by atoms with Gasteiger partial charge in [0.15, 0.2) is 6.29 Å². The maximum absolute atomic E-state index is 11.6. The molecule has 0 aromatic carbocycles. The maximum atomic E-state index is 11.6. The molecule has 1 unspecified atom stereocenters. The van der Waals surface area contributed by atoms with E-state index in [-0.39, 0.29) is 6.29 Å². The van der Waals surface area contributed by atoms with Crippen molar-refractivity contribution in [2.24, 2.45) is 5.92 Å². The summed E-state index contributed by atoms with van der Waals surface area (Å²) < 4.78 is 22.2. The summed E-state index contributed by atoms with van der Waals surface area (Å²) in [4.78, 5) is 0. The summed E-state index contributed by atoms with van der Waals surface area (Å²) in [6, 6.07) is 0. The fourth-order valence-electron chi connectivity index (χ4n) is 1.11. The zero-order valence-electron chi connectivity index (χ0n) is 9.62. The zero-order chi connectivity index (χ0) is 11.0. The average Bonchev–Trinajstić information content (AvgIpc) is 2.03. The van der Waals surface area contributed by atoms with Crippen molar-refractivity contribution in [3.63, 3.8) is 0 Å². The van der Waals surface area contributed by atoms with E-state index in [9.17, 15) is 4.21 Å². The van der Waals surface area contributed by atoms with Gasteiger partial charge in [-0.2, -0.15) is 0 Å². The topological polar surface area (TPSA) is 35.5 Å². The summed E-state index contributed by atoms with van der Waals surface area (Å²) in [5.41, 5.74) is 0. The predicted molar refractivity (Wildman–Crippen MR) is 59.8 cm³/mol. The Bertz CT molecular complexity index is 153. The van der Waals surface area contributed by atoms with Gasteiger partial charge in [-0.1, -0.05) is 13.8 Å². The summed E-state index contributed by atoms with van der Waals surface area (Å²) >= 11 is 0. The van der Waals surface area contributed by atoms with Gasteiger partial charge in [0.2, 0.25) is 0 Å². The monoisotopic (exact) mass is 222 g/mol. The van der Waals surface area contributed by atoms with E-state index in [1.165, 1.54) is 0 Å². The Kier molecular flexibility index (Phi) is 8.43. The third kappa shape index (κ3) is 7.47. The van der Waals surface area contributed by atoms with Gasteiger partial charge in [-0.05, 0) is 19.8 Å². The second-order valence-electron chi connectivity index (χ2n) is 3.51. The molecule has 3 nitrogen and oxygen atoms in total. The van der Waals surface area contributed by atoms with Crippen molar-refractivity contribution < 1.29 is 13.7 Å². The van der Waals surface area contributed by atoms with E-state index in [0.717, 1.165) is 5.75 Å². The molecule has 0 aliphatic heterocycles. The first-order chi connectivity index (χ1) is 6.60. The van der Waals surface area contributed by atoms with Crippen molar-refractivity contribution >= 4 is 10.8 Å². The van der Waals surface area contributed by atoms with Gasteiger partial charge in [0.25, 0.3) is 0 Å². The quantitative estimate of drug-likeness (QED) is 0.587. The Morgan fingerprint density at radius 3 is 1.93 bits per heavy atom. The molecule has 0 amide bonds. The summed E-state index contributed by atoms with van der Waals surface area (Å²) in [6.45, 7) is 9.16. The van der Waals surface area contributed by atoms with Crippen LogP contribution in [-0.4, -0.2) is 35.2 Å². The van der Waals surface area contributed by atoms with E-state index < -0.39 is 10.8 Å². The van der Waals surface area contributed by atoms with Gasteiger partial charge in [0.05, 0.1) is 5.75 Å². The van der Waals surface area contributed by atoms with Crippen molar-refractivity contribution in [1.29, 1.82) is 0 Å². The highest BCUT2D eigenvalue weighted by Gasteiger charge is 2.13. The molecule has 0 aromatic heterocycles. The fraction of sp³-hybridized carbons (Fsp3) is 1.00. The molecule has 0 bridgehead atoms. The minimum atomic E-state index is -0.833. The molecule has 0 fully saturated rings. The molecule has 4 heteroatoms. The van der Waals surface area contributed by atoms with Crippen LogP contribution in [0.2, 0.25) is 0 Å². The van der Waals surface area contributed by atoms with Gasteiger partial charge in [-0.15, -0.1) is 0 Å². The maximum Gasteiger partial charge on any atom is 0.168 e. The standard InChI is InChI=1S/C10H22O3S/c1-5-12-10(13-6-2)8-14(11)7-9(3)4/h9-10H,5-8H2,1-4H3. The molecule has 0 saturated carbocycles. The van der Waals surface area contributed by atoms with Gasteiger partial charge in [-0.3, -0.25) is 4.21 Å². The molecule has 0 aromatic rings. The Morgan fingerprint density at radius 1 is 1.07 bits per heavy atom. The Morgan fingerprint density at radius 2 is 1.57 bits per heavy atom. The minimum Gasteiger partial charge on any atom is -0.352 e. The molecule has 1 atom stereocenters. The van der Waals surface area contributed by atoms with Crippen molar-refractivity contribution in [2.75, 3.05) is 24.7 Å². The number of hydrogen-bond acceptors (Lipinski definition) is 3. The van der Waals surface area contributed by atoms with Crippen LogP contribution in [0.3, 0.4) is 0 Å². The van der Waals surface area contributed by atoms with Gasteiger partial charge < -0.3 is 9.47 Å². The molecule has 0 heterocycles. The highest BCUT2D eigenvalue weighted by Crippen LogP contribution is 2.02. The van der Waals surface area contributed by atoms with Gasteiger partial charge in [0, 0.05) is 29.8 Å². The summed E-state index contributed by atoms with van der Waals surface area (Å²) in [5.74, 6) is 1.66. The Labute approximate surface area is 89.6 Å². The van der Waals surface area contributed by atoms with Crippen molar-refractivity contribution in [3.05, 3.63) is 0 Å². The molecule has 0 radical (unpaired) electrons. The van der Waals surface area contributed by atoms with Crippen LogP contribution in [0, 0.1) is 5.92 Å². The van der Waals surface area contributed by atoms with Crippen LogP contribution >= 0.6 is 0 Å². The average molecular weight is 222 g/mol. The molecular formula is C10H22O3S. The molecular weight excluding hydrogens is 200 g/mol. The van der Waals surface area contributed by atoms with Crippen LogP contribution in [0.15, 0.2) is 0 Å². The first-order valence-electron chi connectivity index (χ1n) is 5.18. The highest BCUT2D eigenvalue weighted by atomic mass is 32.2. The van der Waals surface area contributed by atoms with Crippen LogP contribution < -0.4 is 0 Å². The molecule has 0 N–H and O–H groups in total. The van der Waals surface area contributed by atoms with E-state index in [0.29, 0.717) is 24.9 Å². The molecule has 14 heavy (non-hydrogen) atoms. The molecule has 0 aliphatic rings. The van der Waals surface area contributed by atoms with Gasteiger partial charge in [0.1, 0.15) is 0 Å². The van der Waals surface area contributed by atoms with Crippen molar-refractivity contribution in [1.82, 2.24) is 0 Å². The predicted octanol–water partition coefficient (Wildman–Crippen LogP) is 1.79. The smallest absolute Gasteiger partial charge is 0.168 e. The van der Waals surface area contributed by atoms with Crippen LogP contribution in [0.4, 0.5) is 0 Å². The number of hydrogen-bond donors (Lipinski definition) is 0. The van der Waals surface area contributed by atoms with E-state index in [2.05, 4.69) is 13.8 Å². The van der Waals surface area contributed by atoms with Gasteiger partial charge in [-0.25, -0.2) is 0 Å². The minimum absolute atomic E-state index is 0.301. The van der Waals surface area contributed by atoms with E-state index >= 15 is 0 Å². The summed E-state index contributed by atoms with van der Waals surface area (Å²) in [6.07, 6.45) is -0.301. The summed E-state index contributed by atoms with van der Waals surface area (Å²) in [7, 11) is -0.833. The highest BCUT2D eigenvalue weighted by molar-refractivity contribution is 7.85. The van der Waals surface area contributed by atoms with E-state index in [1.54, 1.807) is 0 Å². The Hall–Kier alpha value is 0.0700. The molecule has 0 spiro atoms. The molecule has 0 rings (SSSR count). The molecule has 86 valence electrons. The number of rotatable bonds is 8. The largest absolute Gasteiger partial charge is 0.352 e. The lowest BCUT2D eigenvalue weighted by Crippen LogP contribution is -2.26. The molecule has 0 saturated heterocycles. The third-order valence-corrected chi connectivity index (χ3v) is 3.23. The van der Waals surface area contributed by atoms with E-state index in [1.807, 2.05) is 13.8 Å². The normalized spacial score (nSPS) is 13.9. The van der Waals surface area contributed by atoms with Crippen molar-refractivity contribution in [2.45, 2.75) is 34.0 Å². The fourth-order valence-corrected chi connectivity index (χ4v) is 2.48. The second-order valence-corrected chi connectivity index (χ2v) is 5.05. The van der Waals surface area contributed by atoms with E-state index in [4.69, 9.17) is 9.47 Å². The third-order valence-electron chi connectivity index (χ3n) is 1.55. The lowest BCUT2D eigenvalue weighted by Gasteiger charge is -2.16. The summed E-state index contributed by atoms with van der Waals surface area (Å²) in [5, 5.41) is 0. The van der Waals surface area contributed by atoms with Crippen LogP contribution in [0.1, 0.15) is 27.7 Å².